The number of nitrogens with one attached hydrogen (secondary N) is 1. The summed E-state index contributed by atoms with van der Waals surface area (Å²) in [5.41, 5.74) is 2.49. The zero-order valence-corrected chi connectivity index (χ0v) is 16.4. The topological polar surface area (TPSA) is 77.6 Å². The Morgan fingerprint density at radius 2 is 1.93 bits per heavy atom. The molecule has 0 bridgehead atoms. The van der Waals surface area contributed by atoms with E-state index >= 15 is 0 Å². The summed E-state index contributed by atoms with van der Waals surface area (Å²) in [7, 11) is 0. The van der Waals surface area contributed by atoms with Gasteiger partial charge in [-0.2, -0.15) is 5.10 Å². The summed E-state index contributed by atoms with van der Waals surface area (Å²) in [6.07, 6.45) is 1.80. The number of amides is 1. The van der Waals surface area contributed by atoms with Gasteiger partial charge in [0.25, 0.3) is 0 Å². The van der Waals surface area contributed by atoms with Crippen LogP contribution in [0.2, 0.25) is 5.02 Å². The first-order valence-corrected chi connectivity index (χ1v) is 9.32. The van der Waals surface area contributed by atoms with Gasteiger partial charge in [0.05, 0.1) is 16.5 Å². The largest absolute Gasteiger partial charge is 0.307 e. The molecule has 0 fully saturated rings. The SMILES string of the molecule is O=C(Cn1nnc2ccccc21)Nc1nn(Cc2ccccc2Cl)cc1Br. The minimum atomic E-state index is -0.241. The molecule has 27 heavy (non-hydrogen) atoms. The Labute approximate surface area is 168 Å². The third-order valence-electron chi connectivity index (χ3n) is 3.98. The van der Waals surface area contributed by atoms with E-state index in [1.54, 1.807) is 15.6 Å². The summed E-state index contributed by atoms with van der Waals surface area (Å²) in [5, 5.41) is 16.0. The second-order valence-electron chi connectivity index (χ2n) is 5.90. The molecule has 136 valence electrons. The summed E-state index contributed by atoms with van der Waals surface area (Å²) in [6, 6.07) is 15.1. The first-order chi connectivity index (χ1) is 13.1. The molecule has 0 aliphatic heterocycles. The van der Waals surface area contributed by atoms with Gasteiger partial charge in [0.2, 0.25) is 5.91 Å². The van der Waals surface area contributed by atoms with Crippen molar-refractivity contribution in [1.82, 2.24) is 24.8 Å². The predicted octanol–water partition coefficient (Wildman–Crippen LogP) is 3.73. The number of rotatable bonds is 5. The van der Waals surface area contributed by atoms with Gasteiger partial charge in [-0.25, -0.2) is 4.68 Å². The monoisotopic (exact) mass is 444 g/mol. The second-order valence-corrected chi connectivity index (χ2v) is 7.16. The summed E-state index contributed by atoms with van der Waals surface area (Å²) >= 11 is 9.62. The second kappa shape index (κ2) is 7.50. The number of nitrogens with zero attached hydrogens (tertiary/aromatic N) is 5. The number of para-hydroxylation sites is 1. The molecule has 4 rings (SSSR count). The first-order valence-electron chi connectivity index (χ1n) is 8.14. The van der Waals surface area contributed by atoms with Crippen molar-refractivity contribution in [2.45, 2.75) is 13.1 Å². The number of halogens is 2. The van der Waals surface area contributed by atoms with Crippen LogP contribution in [0.4, 0.5) is 5.82 Å². The van der Waals surface area contributed by atoms with Crippen LogP contribution in [0.1, 0.15) is 5.56 Å². The average molecular weight is 446 g/mol. The lowest BCUT2D eigenvalue weighted by atomic mass is 10.2. The Balaban J connectivity index is 1.47. The van der Waals surface area contributed by atoms with Gasteiger partial charge in [-0.05, 0) is 39.7 Å². The standard InChI is InChI=1S/C18H14BrClN6O/c19-13-10-25(9-12-5-1-2-6-14(12)20)23-18(13)21-17(27)11-26-16-8-4-3-7-15(16)22-24-26/h1-8,10H,9,11H2,(H,21,23,27). The highest BCUT2D eigenvalue weighted by atomic mass is 79.9. The van der Waals surface area contributed by atoms with Gasteiger partial charge in [-0.3, -0.25) is 9.48 Å². The Morgan fingerprint density at radius 3 is 2.78 bits per heavy atom. The first kappa shape index (κ1) is 17.7. The molecule has 7 nitrogen and oxygen atoms in total. The number of carbonyl (C=O) groups excluding carboxylic acids is 1. The highest BCUT2D eigenvalue weighted by molar-refractivity contribution is 9.10. The highest BCUT2D eigenvalue weighted by Gasteiger charge is 2.13. The zero-order chi connectivity index (χ0) is 18.8. The molecule has 9 heteroatoms. The van der Waals surface area contributed by atoms with E-state index in [4.69, 9.17) is 11.6 Å². The summed E-state index contributed by atoms with van der Waals surface area (Å²) in [4.78, 5) is 12.4. The fraction of sp³-hybridized carbons (Fsp3) is 0.111. The van der Waals surface area contributed by atoms with E-state index in [0.717, 1.165) is 16.6 Å². The smallest absolute Gasteiger partial charge is 0.247 e. The van der Waals surface area contributed by atoms with Crippen molar-refractivity contribution >= 4 is 50.3 Å². The number of carbonyl (C=O) groups is 1. The minimum Gasteiger partial charge on any atom is -0.307 e. The van der Waals surface area contributed by atoms with Crippen molar-refractivity contribution in [1.29, 1.82) is 0 Å². The molecule has 1 N–H and O–H groups in total. The van der Waals surface area contributed by atoms with Gasteiger partial charge in [0.15, 0.2) is 5.82 Å². The molecule has 0 saturated carbocycles. The number of anilines is 1. The maximum absolute atomic E-state index is 12.4. The molecule has 0 saturated heterocycles. The summed E-state index contributed by atoms with van der Waals surface area (Å²) < 4.78 is 3.96. The van der Waals surface area contributed by atoms with E-state index in [1.807, 2.05) is 48.5 Å². The van der Waals surface area contributed by atoms with Crippen LogP contribution in [0.15, 0.2) is 59.2 Å². The van der Waals surface area contributed by atoms with Gasteiger partial charge in [-0.1, -0.05) is 47.1 Å². The highest BCUT2D eigenvalue weighted by Crippen LogP contribution is 2.22. The fourth-order valence-corrected chi connectivity index (χ4v) is 3.32. The van der Waals surface area contributed by atoms with Gasteiger partial charge in [0, 0.05) is 11.2 Å². The molecule has 0 radical (unpaired) electrons. The van der Waals surface area contributed by atoms with Crippen molar-refractivity contribution in [3.05, 3.63) is 69.8 Å². The van der Waals surface area contributed by atoms with Crippen LogP contribution < -0.4 is 5.32 Å². The number of benzene rings is 2. The summed E-state index contributed by atoms with van der Waals surface area (Å²) in [6.45, 7) is 0.548. The van der Waals surface area contributed by atoms with Crippen LogP contribution >= 0.6 is 27.5 Å². The van der Waals surface area contributed by atoms with E-state index in [2.05, 4.69) is 36.7 Å². The average Bonchev–Trinajstić information content (AvgIpc) is 3.21. The van der Waals surface area contributed by atoms with E-state index in [0.29, 0.717) is 21.9 Å². The van der Waals surface area contributed by atoms with Crippen molar-refractivity contribution in [3.63, 3.8) is 0 Å². The third kappa shape index (κ3) is 3.86. The fourth-order valence-electron chi connectivity index (χ4n) is 2.71. The molecule has 2 heterocycles. The molecule has 0 aliphatic carbocycles. The number of hydrogen-bond acceptors (Lipinski definition) is 4. The zero-order valence-electron chi connectivity index (χ0n) is 14.0. The van der Waals surface area contributed by atoms with Crippen molar-refractivity contribution < 1.29 is 4.79 Å². The van der Waals surface area contributed by atoms with E-state index in [9.17, 15) is 4.79 Å². The van der Waals surface area contributed by atoms with Crippen molar-refractivity contribution in [2.75, 3.05) is 5.32 Å². The lowest BCUT2D eigenvalue weighted by molar-refractivity contribution is -0.116. The molecular weight excluding hydrogens is 432 g/mol. The molecule has 4 aromatic rings. The Kier molecular flexibility index (Phi) is 4.91. The van der Waals surface area contributed by atoms with Crippen LogP contribution in [0.25, 0.3) is 11.0 Å². The van der Waals surface area contributed by atoms with Gasteiger partial charge in [-0.15, -0.1) is 5.10 Å². The molecule has 2 aromatic carbocycles. The van der Waals surface area contributed by atoms with Crippen LogP contribution in [0, 0.1) is 0 Å². The van der Waals surface area contributed by atoms with Gasteiger partial charge in [0.1, 0.15) is 12.1 Å². The normalized spacial score (nSPS) is 11.0. The van der Waals surface area contributed by atoms with Crippen LogP contribution in [0.3, 0.4) is 0 Å². The minimum absolute atomic E-state index is 0.0460. The predicted molar refractivity (Wildman–Crippen MR) is 107 cm³/mol. The van der Waals surface area contributed by atoms with Crippen molar-refractivity contribution in [3.8, 4) is 0 Å². The molecular formula is C18H14BrClN6O. The molecule has 2 aromatic heterocycles. The molecule has 0 aliphatic rings. The molecule has 0 unspecified atom stereocenters. The van der Waals surface area contributed by atoms with E-state index in [-0.39, 0.29) is 12.5 Å². The Hall–Kier alpha value is -2.71. The van der Waals surface area contributed by atoms with Crippen molar-refractivity contribution in [2.24, 2.45) is 0 Å². The lowest BCUT2D eigenvalue weighted by Gasteiger charge is -2.05. The molecule has 1 amide bonds. The molecule has 0 spiro atoms. The van der Waals surface area contributed by atoms with Gasteiger partial charge < -0.3 is 5.32 Å². The van der Waals surface area contributed by atoms with E-state index in [1.165, 1.54) is 0 Å². The maximum atomic E-state index is 12.4. The Bertz CT molecular complexity index is 1120. The maximum Gasteiger partial charge on any atom is 0.247 e. The Morgan fingerprint density at radius 1 is 1.15 bits per heavy atom. The quantitative estimate of drug-likeness (QED) is 0.508. The number of hydrogen-bond donors (Lipinski definition) is 1. The summed E-state index contributed by atoms with van der Waals surface area (Å²) in [5.74, 6) is 0.200. The van der Waals surface area contributed by atoms with E-state index < -0.39 is 0 Å². The van der Waals surface area contributed by atoms with Crippen LogP contribution in [-0.2, 0) is 17.9 Å². The molecule has 0 atom stereocenters. The van der Waals surface area contributed by atoms with Crippen LogP contribution in [-0.4, -0.2) is 30.7 Å². The lowest BCUT2D eigenvalue weighted by Crippen LogP contribution is -2.20. The van der Waals surface area contributed by atoms with Gasteiger partial charge >= 0.3 is 0 Å². The third-order valence-corrected chi connectivity index (χ3v) is 4.93. The number of aromatic nitrogens is 5. The number of fused-ring (bicyclic) bond motifs is 1. The van der Waals surface area contributed by atoms with Crippen LogP contribution in [0.5, 0.6) is 0 Å².